The van der Waals surface area contributed by atoms with E-state index in [-0.39, 0.29) is 10.8 Å². The van der Waals surface area contributed by atoms with E-state index in [2.05, 4.69) is 67.5 Å². The lowest BCUT2D eigenvalue weighted by atomic mass is 9.67. The largest absolute Gasteiger partial charge is 0.508 e. The molecule has 1 atom stereocenters. The number of hydrogen-bond acceptors (Lipinski definition) is 1. The second-order valence-corrected chi connectivity index (χ2v) is 10.3. The Morgan fingerprint density at radius 2 is 1.75 bits per heavy atom. The van der Waals surface area contributed by atoms with Crippen LogP contribution in [-0.2, 0) is 10.8 Å². The standard InChI is InChI=1S/C23H36O/c1-16-12-17(14-22(5,6)13-16)15-23(7,8)20-18(21(2,3)4)10-9-11-19(20)24/h9-11,15-16,24H,12-14H2,1-8H3/b17-15+. The van der Waals surface area contributed by atoms with Crippen LogP contribution in [0.3, 0.4) is 0 Å². The number of aromatic hydroxyl groups is 1. The van der Waals surface area contributed by atoms with Crippen molar-refractivity contribution >= 4 is 0 Å². The van der Waals surface area contributed by atoms with Crippen molar-refractivity contribution in [3.8, 4) is 5.75 Å². The molecule has 1 aliphatic rings. The number of rotatable bonds is 2. The maximum atomic E-state index is 10.6. The zero-order valence-electron chi connectivity index (χ0n) is 17.0. The fourth-order valence-electron chi connectivity index (χ4n) is 4.76. The summed E-state index contributed by atoms with van der Waals surface area (Å²) in [6.07, 6.45) is 6.09. The molecule has 1 N–H and O–H groups in total. The highest BCUT2D eigenvalue weighted by Gasteiger charge is 2.33. The molecule has 1 nitrogen and oxygen atoms in total. The summed E-state index contributed by atoms with van der Waals surface area (Å²) in [6, 6.07) is 5.97. The molecule has 0 amide bonds. The molecule has 1 aliphatic carbocycles. The monoisotopic (exact) mass is 328 g/mol. The smallest absolute Gasteiger partial charge is 0.119 e. The Kier molecular flexibility index (Phi) is 4.97. The van der Waals surface area contributed by atoms with Crippen LogP contribution in [0, 0.1) is 11.3 Å². The molecule has 24 heavy (non-hydrogen) atoms. The van der Waals surface area contributed by atoms with Crippen LogP contribution in [0.15, 0.2) is 29.8 Å². The number of phenols is 1. The molecule has 0 aliphatic heterocycles. The molecule has 0 aromatic heterocycles. The Morgan fingerprint density at radius 1 is 1.12 bits per heavy atom. The quantitative estimate of drug-likeness (QED) is 0.596. The van der Waals surface area contributed by atoms with Gasteiger partial charge < -0.3 is 5.11 Å². The molecule has 0 saturated heterocycles. The van der Waals surface area contributed by atoms with Crippen LogP contribution in [0.5, 0.6) is 5.75 Å². The van der Waals surface area contributed by atoms with Crippen molar-refractivity contribution in [1.29, 1.82) is 0 Å². The Balaban J connectivity index is 2.50. The third kappa shape index (κ3) is 4.23. The Hall–Kier alpha value is -1.24. The lowest BCUT2D eigenvalue weighted by Gasteiger charge is -2.38. The van der Waals surface area contributed by atoms with Gasteiger partial charge in [-0.2, -0.15) is 0 Å². The number of phenolic OH excluding ortho intramolecular Hbond substituents is 1. The van der Waals surface area contributed by atoms with Gasteiger partial charge in [-0.05, 0) is 47.6 Å². The average Bonchev–Trinajstić information content (AvgIpc) is 2.33. The summed E-state index contributed by atoms with van der Waals surface area (Å²) in [5, 5.41) is 10.6. The zero-order valence-corrected chi connectivity index (χ0v) is 17.0. The molecule has 1 aromatic carbocycles. The van der Waals surface area contributed by atoms with Gasteiger partial charge in [-0.15, -0.1) is 0 Å². The predicted molar refractivity (Wildman–Crippen MR) is 105 cm³/mol. The van der Waals surface area contributed by atoms with Gasteiger partial charge in [0.05, 0.1) is 0 Å². The van der Waals surface area contributed by atoms with Gasteiger partial charge in [0.2, 0.25) is 0 Å². The van der Waals surface area contributed by atoms with Gasteiger partial charge in [-0.1, -0.05) is 79.2 Å². The highest BCUT2D eigenvalue weighted by Crippen LogP contribution is 2.45. The van der Waals surface area contributed by atoms with E-state index in [4.69, 9.17) is 0 Å². The topological polar surface area (TPSA) is 20.2 Å². The summed E-state index contributed by atoms with van der Waals surface area (Å²) in [4.78, 5) is 0. The van der Waals surface area contributed by atoms with Crippen LogP contribution in [0.1, 0.15) is 85.8 Å². The first-order chi connectivity index (χ1) is 10.8. The molecule has 1 saturated carbocycles. The molecular formula is C23H36O. The SMILES string of the molecule is CC1C/C(=C\C(C)(C)c2c(O)cccc2C(C)(C)C)CC(C)(C)C1. The highest BCUT2D eigenvalue weighted by atomic mass is 16.3. The minimum atomic E-state index is -0.170. The molecule has 2 rings (SSSR count). The van der Waals surface area contributed by atoms with E-state index < -0.39 is 0 Å². The maximum absolute atomic E-state index is 10.6. The maximum Gasteiger partial charge on any atom is 0.119 e. The van der Waals surface area contributed by atoms with Crippen LogP contribution in [0.4, 0.5) is 0 Å². The van der Waals surface area contributed by atoms with Gasteiger partial charge in [0.15, 0.2) is 0 Å². The minimum Gasteiger partial charge on any atom is -0.508 e. The minimum absolute atomic E-state index is 0.0168. The fraction of sp³-hybridized carbons (Fsp3) is 0.652. The number of benzene rings is 1. The third-order valence-corrected chi connectivity index (χ3v) is 5.28. The molecule has 0 heterocycles. The van der Waals surface area contributed by atoms with Gasteiger partial charge in [0, 0.05) is 11.0 Å². The molecule has 1 heteroatoms. The number of hydrogen-bond donors (Lipinski definition) is 1. The van der Waals surface area contributed by atoms with Crippen molar-refractivity contribution < 1.29 is 5.11 Å². The average molecular weight is 329 g/mol. The van der Waals surface area contributed by atoms with E-state index in [0.717, 1.165) is 11.5 Å². The van der Waals surface area contributed by atoms with Crippen LogP contribution < -0.4 is 0 Å². The first kappa shape index (κ1) is 19.1. The Morgan fingerprint density at radius 3 is 2.29 bits per heavy atom. The summed E-state index contributed by atoms with van der Waals surface area (Å²) < 4.78 is 0. The molecule has 0 spiro atoms. The van der Waals surface area contributed by atoms with Gasteiger partial charge in [-0.3, -0.25) is 0 Å². The lowest BCUT2D eigenvalue weighted by molar-refractivity contribution is 0.233. The van der Waals surface area contributed by atoms with Crippen LogP contribution in [0.25, 0.3) is 0 Å². The normalized spacial score (nSPS) is 23.5. The van der Waals surface area contributed by atoms with Gasteiger partial charge in [-0.25, -0.2) is 0 Å². The van der Waals surface area contributed by atoms with Crippen molar-refractivity contribution in [3.05, 3.63) is 41.0 Å². The first-order valence-electron chi connectivity index (χ1n) is 9.35. The van der Waals surface area contributed by atoms with Gasteiger partial charge in [0.25, 0.3) is 0 Å². The summed E-state index contributed by atoms with van der Waals surface area (Å²) in [5.41, 5.74) is 4.10. The predicted octanol–water partition coefficient (Wildman–Crippen LogP) is 6.74. The summed E-state index contributed by atoms with van der Waals surface area (Å²) in [7, 11) is 0. The van der Waals surface area contributed by atoms with E-state index in [1.54, 1.807) is 5.57 Å². The molecule has 1 unspecified atom stereocenters. The first-order valence-corrected chi connectivity index (χ1v) is 9.35. The van der Waals surface area contributed by atoms with Crippen LogP contribution in [-0.4, -0.2) is 5.11 Å². The second-order valence-electron chi connectivity index (χ2n) is 10.3. The molecule has 1 aromatic rings. The van der Waals surface area contributed by atoms with Crippen LogP contribution >= 0.6 is 0 Å². The second kappa shape index (κ2) is 6.24. The molecular weight excluding hydrogens is 292 g/mol. The van der Waals surface area contributed by atoms with Crippen molar-refractivity contribution in [3.63, 3.8) is 0 Å². The zero-order chi connectivity index (χ0) is 18.3. The van der Waals surface area contributed by atoms with Crippen molar-refractivity contribution in [1.82, 2.24) is 0 Å². The molecule has 134 valence electrons. The van der Waals surface area contributed by atoms with E-state index in [1.165, 1.54) is 24.8 Å². The van der Waals surface area contributed by atoms with Gasteiger partial charge in [0.1, 0.15) is 5.75 Å². The van der Waals surface area contributed by atoms with E-state index in [0.29, 0.717) is 11.2 Å². The fourth-order valence-corrected chi connectivity index (χ4v) is 4.76. The van der Waals surface area contributed by atoms with E-state index >= 15 is 0 Å². The molecule has 0 radical (unpaired) electrons. The van der Waals surface area contributed by atoms with Crippen molar-refractivity contribution in [2.45, 2.75) is 85.5 Å². The van der Waals surface area contributed by atoms with Crippen molar-refractivity contribution in [2.75, 3.05) is 0 Å². The molecule has 0 bridgehead atoms. The summed E-state index contributed by atoms with van der Waals surface area (Å²) in [5.74, 6) is 1.16. The van der Waals surface area contributed by atoms with E-state index in [9.17, 15) is 5.11 Å². The van der Waals surface area contributed by atoms with Crippen molar-refractivity contribution in [2.24, 2.45) is 11.3 Å². The van der Waals surface area contributed by atoms with Gasteiger partial charge >= 0.3 is 0 Å². The Bertz CT molecular complexity index is 626. The molecule has 1 fully saturated rings. The summed E-state index contributed by atoms with van der Waals surface area (Å²) >= 11 is 0. The summed E-state index contributed by atoms with van der Waals surface area (Å²) in [6.45, 7) is 18.3. The third-order valence-electron chi connectivity index (χ3n) is 5.28. The number of allylic oxidation sites excluding steroid dienone is 2. The Labute approximate surface area is 149 Å². The highest BCUT2D eigenvalue weighted by molar-refractivity contribution is 5.49. The lowest BCUT2D eigenvalue weighted by Crippen LogP contribution is -2.26. The van der Waals surface area contributed by atoms with Crippen LogP contribution in [0.2, 0.25) is 0 Å². The van der Waals surface area contributed by atoms with E-state index in [1.807, 2.05) is 12.1 Å².